The molecule has 3 amide bonds. The van der Waals surface area contributed by atoms with Crippen LogP contribution in [0.5, 0.6) is 0 Å². The van der Waals surface area contributed by atoms with E-state index in [-0.39, 0.29) is 12.5 Å². The number of methoxy groups -OCH3 is 1. The lowest BCUT2D eigenvalue weighted by Gasteiger charge is -2.13. The quantitative estimate of drug-likeness (QED) is 0.528. The summed E-state index contributed by atoms with van der Waals surface area (Å²) in [5.41, 5.74) is 3.15. The van der Waals surface area contributed by atoms with Crippen LogP contribution in [0.15, 0.2) is 54.7 Å². The second-order valence-electron chi connectivity index (χ2n) is 6.68. The third kappa shape index (κ3) is 3.22. The highest BCUT2D eigenvalue weighted by Crippen LogP contribution is 2.22. The van der Waals surface area contributed by atoms with Gasteiger partial charge in [-0.3, -0.25) is 9.69 Å². The molecule has 142 valence electrons. The van der Waals surface area contributed by atoms with E-state index < -0.39 is 18.0 Å². The van der Waals surface area contributed by atoms with Crippen LogP contribution in [-0.2, 0) is 22.5 Å². The van der Waals surface area contributed by atoms with E-state index in [0.717, 1.165) is 22.0 Å². The Morgan fingerprint density at radius 2 is 1.86 bits per heavy atom. The molecule has 2 heterocycles. The second kappa shape index (κ2) is 7.19. The summed E-state index contributed by atoms with van der Waals surface area (Å²) >= 11 is 0. The summed E-state index contributed by atoms with van der Waals surface area (Å²) in [7, 11) is 1.32. The van der Waals surface area contributed by atoms with Crippen LogP contribution >= 0.6 is 0 Å². The summed E-state index contributed by atoms with van der Waals surface area (Å²) in [5, 5.41) is 3.81. The van der Waals surface area contributed by atoms with Crippen molar-refractivity contribution in [2.24, 2.45) is 0 Å². The number of nitrogens with one attached hydrogen (secondary N) is 2. The molecule has 0 radical (unpaired) electrons. The van der Waals surface area contributed by atoms with Gasteiger partial charge in [0.25, 0.3) is 5.91 Å². The maximum Gasteiger partial charge on any atom is 0.337 e. The van der Waals surface area contributed by atoms with E-state index in [0.29, 0.717) is 12.0 Å². The lowest BCUT2D eigenvalue weighted by atomic mass is 10.0. The Labute approximate surface area is 161 Å². The first-order valence-corrected chi connectivity index (χ1v) is 8.91. The molecule has 1 aliphatic rings. The van der Waals surface area contributed by atoms with Gasteiger partial charge < -0.3 is 15.0 Å². The number of aromatic nitrogens is 1. The molecule has 0 spiro atoms. The fourth-order valence-electron chi connectivity index (χ4n) is 3.43. The molecule has 1 atom stereocenters. The van der Waals surface area contributed by atoms with Gasteiger partial charge >= 0.3 is 12.0 Å². The molecule has 0 unspecified atom stereocenters. The summed E-state index contributed by atoms with van der Waals surface area (Å²) in [6.45, 7) is 0.149. The van der Waals surface area contributed by atoms with Crippen LogP contribution in [0.3, 0.4) is 0 Å². The fraction of sp³-hybridized carbons (Fsp3) is 0.190. The number of esters is 1. The van der Waals surface area contributed by atoms with Gasteiger partial charge in [0.1, 0.15) is 6.04 Å². The van der Waals surface area contributed by atoms with Crippen molar-refractivity contribution in [3.05, 3.63) is 71.4 Å². The van der Waals surface area contributed by atoms with Gasteiger partial charge in [0.15, 0.2) is 0 Å². The van der Waals surface area contributed by atoms with E-state index in [1.165, 1.54) is 12.0 Å². The Hall–Kier alpha value is -3.61. The molecule has 2 N–H and O–H groups in total. The predicted molar refractivity (Wildman–Crippen MR) is 103 cm³/mol. The summed E-state index contributed by atoms with van der Waals surface area (Å²) in [6, 6.07) is 13.5. The molecule has 1 aromatic heterocycles. The normalized spacial score (nSPS) is 16.5. The molecule has 1 aliphatic heterocycles. The van der Waals surface area contributed by atoms with Gasteiger partial charge in [0.2, 0.25) is 0 Å². The van der Waals surface area contributed by atoms with Crippen LogP contribution in [0, 0.1) is 0 Å². The van der Waals surface area contributed by atoms with Crippen LogP contribution in [0.1, 0.15) is 21.5 Å². The van der Waals surface area contributed by atoms with E-state index in [1.807, 2.05) is 30.5 Å². The molecule has 3 aromatic rings. The van der Waals surface area contributed by atoms with Gasteiger partial charge in [-0.2, -0.15) is 0 Å². The zero-order valence-corrected chi connectivity index (χ0v) is 15.3. The zero-order chi connectivity index (χ0) is 19.7. The lowest BCUT2D eigenvalue weighted by molar-refractivity contribution is -0.127. The van der Waals surface area contributed by atoms with Gasteiger partial charge in [-0.1, -0.05) is 30.3 Å². The second-order valence-corrected chi connectivity index (χ2v) is 6.68. The van der Waals surface area contributed by atoms with Crippen molar-refractivity contribution in [3.63, 3.8) is 0 Å². The molecule has 1 fully saturated rings. The van der Waals surface area contributed by atoms with Crippen LogP contribution in [0.2, 0.25) is 0 Å². The summed E-state index contributed by atoms with van der Waals surface area (Å²) in [5.74, 6) is -0.687. The number of imide groups is 1. The standard InChI is InChI=1S/C21H19N3O4/c1-28-20(26)14-8-6-13(7-9-14)12-24-19(25)18(23-21(24)27)10-15-11-22-17-5-3-2-4-16(15)17/h2-9,11,18,22H,10,12H2,1H3,(H,23,27)/t18-/m1/s1. The van der Waals surface area contributed by atoms with Gasteiger partial charge in [-0.15, -0.1) is 0 Å². The lowest BCUT2D eigenvalue weighted by Crippen LogP contribution is -2.32. The van der Waals surface area contributed by atoms with Crippen molar-refractivity contribution in [1.82, 2.24) is 15.2 Å². The highest BCUT2D eigenvalue weighted by Gasteiger charge is 2.38. The Kier molecular flexibility index (Phi) is 4.57. The van der Waals surface area contributed by atoms with Gasteiger partial charge in [0, 0.05) is 23.5 Å². The van der Waals surface area contributed by atoms with Gasteiger partial charge in [-0.05, 0) is 29.3 Å². The molecular weight excluding hydrogens is 358 g/mol. The number of nitrogens with zero attached hydrogens (tertiary/aromatic N) is 1. The number of rotatable bonds is 5. The molecule has 0 saturated carbocycles. The van der Waals surface area contributed by atoms with Crippen molar-refractivity contribution in [2.75, 3.05) is 7.11 Å². The number of para-hydroxylation sites is 1. The molecule has 4 rings (SSSR count). The molecule has 28 heavy (non-hydrogen) atoms. The number of carbonyl (C=O) groups excluding carboxylic acids is 3. The number of H-pyrrole nitrogens is 1. The van der Waals surface area contributed by atoms with Crippen molar-refractivity contribution in [2.45, 2.75) is 19.0 Å². The topological polar surface area (TPSA) is 91.5 Å². The van der Waals surface area contributed by atoms with Crippen LogP contribution in [-0.4, -0.2) is 40.9 Å². The monoisotopic (exact) mass is 377 g/mol. The highest BCUT2D eigenvalue weighted by atomic mass is 16.5. The minimum atomic E-state index is -0.596. The van der Waals surface area contributed by atoms with Crippen LogP contribution < -0.4 is 5.32 Å². The summed E-state index contributed by atoms with van der Waals surface area (Å²) in [4.78, 5) is 41.0. The number of hydrogen-bond donors (Lipinski definition) is 2. The number of hydrogen-bond acceptors (Lipinski definition) is 4. The Morgan fingerprint density at radius 3 is 2.61 bits per heavy atom. The van der Waals surface area contributed by atoms with E-state index in [2.05, 4.69) is 15.0 Å². The fourth-order valence-corrected chi connectivity index (χ4v) is 3.43. The first-order valence-electron chi connectivity index (χ1n) is 8.91. The SMILES string of the molecule is COC(=O)c1ccc(CN2C(=O)N[C@H](Cc3c[nH]c4ccccc34)C2=O)cc1. The van der Waals surface area contributed by atoms with Crippen LogP contribution in [0.25, 0.3) is 10.9 Å². The summed E-state index contributed by atoms with van der Waals surface area (Å²) in [6.07, 6.45) is 2.30. The largest absolute Gasteiger partial charge is 0.465 e. The molecular formula is C21H19N3O4. The van der Waals surface area contributed by atoms with E-state index in [1.54, 1.807) is 24.3 Å². The minimum Gasteiger partial charge on any atom is -0.465 e. The van der Waals surface area contributed by atoms with Crippen molar-refractivity contribution in [3.8, 4) is 0 Å². The first-order chi connectivity index (χ1) is 13.6. The van der Waals surface area contributed by atoms with E-state index in [9.17, 15) is 14.4 Å². The first kappa shape index (κ1) is 17.8. The highest BCUT2D eigenvalue weighted by molar-refractivity contribution is 6.04. The smallest absolute Gasteiger partial charge is 0.337 e. The van der Waals surface area contributed by atoms with Crippen molar-refractivity contribution in [1.29, 1.82) is 0 Å². The predicted octanol–water partition coefficient (Wildman–Crippen LogP) is 2.62. The average molecular weight is 377 g/mol. The Bertz CT molecular complexity index is 1050. The van der Waals surface area contributed by atoms with E-state index >= 15 is 0 Å². The average Bonchev–Trinajstić information content (AvgIpc) is 3.24. The number of ether oxygens (including phenoxy) is 1. The molecule has 0 bridgehead atoms. The third-order valence-corrected chi connectivity index (χ3v) is 4.92. The summed E-state index contributed by atoms with van der Waals surface area (Å²) < 4.78 is 4.67. The van der Waals surface area contributed by atoms with Gasteiger partial charge in [0.05, 0.1) is 19.2 Å². The molecule has 2 aromatic carbocycles. The number of carbonyl (C=O) groups is 3. The maximum atomic E-state index is 12.8. The minimum absolute atomic E-state index is 0.149. The number of urea groups is 1. The Balaban J connectivity index is 1.47. The van der Waals surface area contributed by atoms with Crippen molar-refractivity contribution < 1.29 is 19.1 Å². The molecule has 0 aliphatic carbocycles. The van der Waals surface area contributed by atoms with Crippen molar-refractivity contribution >= 4 is 28.8 Å². The maximum absolute atomic E-state index is 12.8. The number of amides is 3. The number of fused-ring (bicyclic) bond motifs is 1. The number of aromatic amines is 1. The molecule has 1 saturated heterocycles. The zero-order valence-electron chi connectivity index (χ0n) is 15.3. The van der Waals surface area contributed by atoms with Gasteiger partial charge in [-0.25, -0.2) is 9.59 Å². The Morgan fingerprint density at radius 1 is 1.11 bits per heavy atom. The van der Waals surface area contributed by atoms with Crippen LogP contribution in [0.4, 0.5) is 4.79 Å². The van der Waals surface area contributed by atoms with E-state index in [4.69, 9.17) is 0 Å². The molecule has 7 heteroatoms. The third-order valence-electron chi connectivity index (χ3n) is 4.92. The number of benzene rings is 2. The molecule has 7 nitrogen and oxygen atoms in total.